The van der Waals surface area contributed by atoms with Gasteiger partial charge in [-0.1, -0.05) is 31.4 Å². The molecule has 2 aromatic rings. The Kier molecular flexibility index (Phi) is 6.84. The first-order valence-corrected chi connectivity index (χ1v) is 11.4. The van der Waals surface area contributed by atoms with E-state index in [-0.39, 0.29) is 11.9 Å². The van der Waals surface area contributed by atoms with E-state index in [1.165, 1.54) is 29.2 Å². The van der Waals surface area contributed by atoms with Crippen molar-refractivity contribution < 1.29 is 14.0 Å². The molecule has 1 aromatic heterocycles. The Morgan fingerprint density at radius 1 is 1.09 bits per heavy atom. The fourth-order valence-corrected chi connectivity index (χ4v) is 4.75. The predicted molar refractivity (Wildman–Crippen MR) is 121 cm³/mol. The summed E-state index contributed by atoms with van der Waals surface area (Å²) in [6, 6.07) is 6.61. The van der Waals surface area contributed by atoms with Gasteiger partial charge in [0.2, 0.25) is 5.91 Å². The second-order valence-corrected chi connectivity index (χ2v) is 8.62. The number of pyridine rings is 1. The lowest BCUT2D eigenvalue weighted by atomic mass is 9.94. The zero-order chi connectivity index (χ0) is 22.5. The molecule has 1 heterocycles. The summed E-state index contributed by atoms with van der Waals surface area (Å²) in [6.45, 7) is 0. The Morgan fingerprint density at radius 2 is 1.81 bits per heavy atom. The number of nitrogens with one attached hydrogen (secondary N) is 1. The molecule has 1 unspecified atom stereocenters. The highest BCUT2D eigenvalue weighted by Gasteiger charge is 2.34. The molecule has 0 aliphatic heterocycles. The number of rotatable bonds is 5. The molecule has 2 aliphatic carbocycles. The lowest BCUT2D eigenvalue weighted by molar-refractivity contribution is -0.125. The molecule has 1 fully saturated rings. The Balaban J connectivity index is 1.74. The Bertz CT molecular complexity index is 1020. The molecule has 5 nitrogen and oxygen atoms in total. The molecule has 1 aromatic carbocycles. The molecule has 0 spiro atoms. The van der Waals surface area contributed by atoms with Gasteiger partial charge in [0.15, 0.2) is 0 Å². The maximum Gasteiger partial charge on any atom is 0.303 e. The number of aryl methyl sites for hydroxylation is 2. The third-order valence-corrected chi connectivity index (χ3v) is 6.42. The number of halogens is 1. The molecule has 2 aliphatic rings. The van der Waals surface area contributed by atoms with Gasteiger partial charge in [0.05, 0.1) is 11.9 Å². The number of nitrogens with zero attached hydrogens (tertiary/aromatic N) is 2. The highest BCUT2D eigenvalue weighted by atomic mass is 19.1. The largest absolute Gasteiger partial charge is 0.351 e. The van der Waals surface area contributed by atoms with Crippen LogP contribution in [-0.4, -0.2) is 22.8 Å². The summed E-state index contributed by atoms with van der Waals surface area (Å²) < 4.78 is 13.6. The lowest BCUT2D eigenvalue weighted by Crippen LogP contribution is -2.47. The fraction of sp³-hybridized carbons (Fsp3) is 0.423. The molecule has 0 saturated heterocycles. The van der Waals surface area contributed by atoms with Crippen LogP contribution in [0.3, 0.4) is 0 Å². The van der Waals surface area contributed by atoms with Crippen molar-refractivity contribution in [3.63, 3.8) is 0 Å². The second-order valence-electron chi connectivity index (χ2n) is 8.62. The van der Waals surface area contributed by atoms with Crippen molar-refractivity contribution in [3.8, 4) is 12.3 Å². The summed E-state index contributed by atoms with van der Waals surface area (Å²) in [7, 11) is 0. The minimum atomic E-state index is -1.01. The van der Waals surface area contributed by atoms with E-state index in [2.05, 4.69) is 16.2 Å². The highest BCUT2D eigenvalue weighted by molar-refractivity contribution is 6.09. The molecule has 32 heavy (non-hydrogen) atoms. The summed E-state index contributed by atoms with van der Waals surface area (Å²) in [6.07, 6.45) is 16.2. The van der Waals surface area contributed by atoms with Gasteiger partial charge in [-0.25, -0.2) is 4.39 Å². The zero-order valence-electron chi connectivity index (χ0n) is 18.1. The summed E-state index contributed by atoms with van der Waals surface area (Å²) in [5, 5.41) is 3.11. The van der Waals surface area contributed by atoms with Gasteiger partial charge in [0, 0.05) is 11.7 Å². The van der Waals surface area contributed by atoms with Crippen molar-refractivity contribution in [1.29, 1.82) is 0 Å². The highest BCUT2D eigenvalue weighted by Crippen LogP contribution is 2.31. The van der Waals surface area contributed by atoms with Crippen molar-refractivity contribution >= 4 is 17.5 Å². The van der Waals surface area contributed by atoms with E-state index in [0.29, 0.717) is 11.3 Å². The van der Waals surface area contributed by atoms with Crippen molar-refractivity contribution in [2.24, 2.45) is 0 Å². The minimum absolute atomic E-state index is 0.0589. The summed E-state index contributed by atoms with van der Waals surface area (Å²) in [5.41, 5.74) is 3.09. The maximum absolute atomic E-state index is 13.6. The van der Waals surface area contributed by atoms with Crippen LogP contribution in [0, 0.1) is 18.2 Å². The van der Waals surface area contributed by atoms with Gasteiger partial charge >= 0.3 is 5.91 Å². The average molecular weight is 434 g/mol. The third kappa shape index (κ3) is 4.83. The van der Waals surface area contributed by atoms with Gasteiger partial charge in [-0.3, -0.25) is 19.5 Å². The lowest BCUT2D eigenvalue weighted by Gasteiger charge is -2.32. The van der Waals surface area contributed by atoms with Crippen LogP contribution in [0.25, 0.3) is 0 Å². The number of hydrogen-bond acceptors (Lipinski definition) is 3. The van der Waals surface area contributed by atoms with Crippen molar-refractivity contribution in [1.82, 2.24) is 10.3 Å². The van der Waals surface area contributed by atoms with Crippen LogP contribution in [0.5, 0.6) is 0 Å². The number of carbonyl (C=O) groups excluding carboxylic acids is 2. The van der Waals surface area contributed by atoms with Crippen LogP contribution >= 0.6 is 0 Å². The fourth-order valence-electron chi connectivity index (χ4n) is 4.75. The SMILES string of the molecule is C#CC(=O)N(c1cnc2c(c1)CCCC2)C(C(=O)NC1CCCCC1)c1ccc(F)cc1. The zero-order valence-corrected chi connectivity index (χ0v) is 18.1. The smallest absolute Gasteiger partial charge is 0.303 e. The Morgan fingerprint density at radius 3 is 2.53 bits per heavy atom. The average Bonchev–Trinajstić information content (AvgIpc) is 2.83. The molecule has 0 radical (unpaired) electrons. The van der Waals surface area contributed by atoms with Crippen LogP contribution in [0.2, 0.25) is 0 Å². The first kappa shape index (κ1) is 22.0. The number of fused-ring (bicyclic) bond motifs is 1. The molecule has 1 atom stereocenters. The molecule has 6 heteroatoms. The van der Waals surface area contributed by atoms with Crippen molar-refractivity contribution in [2.45, 2.75) is 69.9 Å². The van der Waals surface area contributed by atoms with Gasteiger partial charge in [-0.05, 0) is 73.8 Å². The van der Waals surface area contributed by atoms with Crippen LogP contribution in [0.1, 0.15) is 67.8 Å². The van der Waals surface area contributed by atoms with Crippen LogP contribution in [0.15, 0.2) is 36.5 Å². The number of amides is 2. The van der Waals surface area contributed by atoms with Crippen LogP contribution < -0.4 is 10.2 Å². The van der Waals surface area contributed by atoms with Gasteiger partial charge < -0.3 is 5.32 Å². The van der Waals surface area contributed by atoms with E-state index in [1.807, 2.05) is 6.07 Å². The van der Waals surface area contributed by atoms with Crippen LogP contribution in [-0.2, 0) is 22.4 Å². The third-order valence-electron chi connectivity index (χ3n) is 6.42. The van der Waals surface area contributed by atoms with Gasteiger partial charge in [0.1, 0.15) is 11.9 Å². The Labute approximate surface area is 188 Å². The van der Waals surface area contributed by atoms with E-state index in [9.17, 15) is 14.0 Å². The standard InChI is InChI=1S/C26H28FN3O2/c1-2-24(31)30(22-16-19-8-6-7-11-23(19)28-17-22)25(18-12-14-20(27)15-13-18)26(32)29-21-9-4-3-5-10-21/h1,12-17,21,25H,3-11H2,(H,29,32). The van der Waals surface area contributed by atoms with Crippen LogP contribution in [0.4, 0.5) is 10.1 Å². The normalized spacial score (nSPS) is 17.0. The molecule has 166 valence electrons. The van der Waals surface area contributed by atoms with Gasteiger partial charge in [-0.15, -0.1) is 6.42 Å². The number of aromatic nitrogens is 1. The predicted octanol–water partition coefficient (Wildman–Crippen LogP) is 4.26. The number of carbonyl (C=O) groups is 2. The molecular weight excluding hydrogens is 405 g/mol. The van der Waals surface area contributed by atoms with E-state index in [1.54, 1.807) is 6.20 Å². The van der Waals surface area contributed by atoms with E-state index >= 15 is 0 Å². The topological polar surface area (TPSA) is 62.3 Å². The summed E-state index contributed by atoms with van der Waals surface area (Å²) in [4.78, 5) is 32.4. The number of benzene rings is 1. The van der Waals surface area contributed by atoms with E-state index in [0.717, 1.165) is 69.0 Å². The van der Waals surface area contributed by atoms with Gasteiger partial charge in [0.25, 0.3) is 0 Å². The first-order valence-electron chi connectivity index (χ1n) is 11.4. The maximum atomic E-state index is 13.6. The summed E-state index contributed by atoms with van der Waals surface area (Å²) >= 11 is 0. The number of hydrogen-bond donors (Lipinski definition) is 1. The molecule has 0 bridgehead atoms. The van der Waals surface area contributed by atoms with Gasteiger partial charge in [-0.2, -0.15) is 0 Å². The Hall–Kier alpha value is -3.20. The first-order chi connectivity index (χ1) is 15.6. The van der Waals surface area contributed by atoms with Crippen molar-refractivity contribution in [3.05, 3.63) is 59.2 Å². The molecular formula is C26H28FN3O2. The van der Waals surface area contributed by atoms with Crippen molar-refractivity contribution in [2.75, 3.05) is 4.90 Å². The monoisotopic (exact) mass is 433 g/mol. The molecule has 2 amide bonds. The molecule has 4 rings (SSSR count). The molecule has 1 N–H and O–H groups in total. The second kappa shape index (κ2) is 9.95. The quantitative estimate of drug-likeness (QED) is 0.717. The number of terminal acetylenes is 1. The number of anilines is 1. The minimum Gasteiger partial charge on any atom is -0.351 e. The molecule has 1 saturated carbocycles. The van der Waals surface area contributed by atoms with E-state index in [4.69, 9.17) is 6.42 Å². The summed E-state index contributed by atoms with van der Waals surface area (Å²) in [5.74, 6) is 0.813. The van der Waals surface area contributed by atoms with E-state index < -0.39 is 17.8 Å².